The zero-order valence-electron chi connectivity index (χ0n) is 6.01. The number of alkyl halides is 1. The van der Waals surface area contributed by atoms with Crippen LogP contribution in [0, 0.1) is 0 Å². The molecule has 0 aromatic carbocycles. The molecule has 66 valence electrons. The fraction of sp³-hybridized carbons (Fsp3) is 1.00. The summed E-state index contributed by atoms with van der Waals surface area (Å²) in [6.07, 6.45) is -7.14. The van der Waals surface area contributed by atoms with Crippen molar-refractivity contribution >= 4 is 0 Å². The van der Waals surface area contributed by atoms with Gasteiger partial charge in [0, 0.05) is 0 Å². The lowest BCUT2D eigenvalue weighted by Gasteiger charge is -2.35. The van der Waals surface area contributed by atoms with Crippen molar-refractivity contribution in [3.05, 3.63) is 0 Å². The van der Waals surface area contributed by atoms with E-state index in [2.05, 4.69) is 4.74 Å². The Labute approximate surface area is 63.2 Å². The van der Waals surface area contributed by atoms with Gasteiger partial charge in [0.2, 0.25) is 0 Å². The third kappa shape index (κ3) is 1.51. The van der Waals surface area contributed by atoms with E-state index in [0.717, 1.165) is 0 Å². The average molecular weight is 166 g/mol. The minimum atomic E-state index is -1.93. The molecule has 0 aromatic heterocycles. The number of ether oxygens (including phenoxy) is 1. The van der Waals surface area contributed by atoms with Crippen LogP contribution in [0.4, 0.5) is 4.39 Å². The van der Waals surface area contributed by atoms with E-state index in [4.69, 9.17) is 15.3 Å². The largest absolute Gasteiger partial charge is 0.388 e. The van der Waals surface area contributed by atoms with Gasteiger partial charge in [-0.25, -0.2) is 4.39 Å². The number of hydrogen-bond acceptors (Lipinski definition) is 4. The highest BCUT2D eigenvalue weighted by Crippen LogP contribution is 2.21. The highest BCUT2D eigenvalue weighted by atomic mass is 19.1. The smallest absolute Gasteiger partial charge is 0.189 e. The van der Waals surface area contributed by atoms with Gasteiger partial charge in [-0.15, -0.1) is 0 Å². The third-order valence-electron chi connectivity index (χ3n) is 1.78. The van der Waals surface area contributed by atoms with E-state index in [0.29, 0.717) is 0 Å². The molecule has 0 spiro atoms. The van der Waals surface area contributed by atoms with Gasteiger partial charge in [0.05, 0.1) is 6.10 Å². The molecule has 5 atom stereocenters. The van der Waals surface area contributed by atoms with Gasteiger partial charge in [0.1, 0.15) is 12.2 Å². The zero-order chi connectivity index (χ0) is 8.59. The first-order chi connectivity index (χ1) is 5.04. The lowest BCUT2D eigenvalue weighted by molar-refractivity contribution is -0.261. The molecular formula is C6H11FO4. The van der Waals surface area contributed by atoms with Gasteiger partial charge in [-0.3, -0.25) is 0 Å². The maximum absolute atomic E-state index is 12.6. The van der Waals surface area contributed by atoms with Crippen molar-refractivity contribution in [2.75, 3.05) is 0 Å². The van der Waals surface area contributed by atoms with E-state index in [1.54, 1.807) is 0 Å². The van der Waals surface area contributed by atoms with Crippen molar-refractivity contribution in [2.45, 2.75) is 37.7 Å². The summed E-state index contributed by atoms with van der Waals surface area (Å²) in [6.45, 7) is 1.45. The van der Waals surface area contributed by atoms with Crippen LogP contribution in [0.25, 0.3) is 0 Å². The molecule has 1 rings (SSSR count). The topological polar surface area (TPSA) is 69.9 Å². The standard InChI is InChI=1S/C6H11FO4/c1-2-4(8)5(9)3(7)6(10)11-2/h2-6,8-10H,1H3/t2-,3+,4+,5-,6?/m0/s1. The SMILES string of the molecule is C[C@@H]1OC(O)[C@H](F)[C@H](O)[C@@H]1O. The first-order valence-corrected chi connectivity index (χ1v) is 3.37. The number of aliphatic hydroxyl groups excluding tert-OH is 3. The Morgan fingerprint density at radius 2 is 1.73 bits per heavy atom. The highest BCUT2D eigenvalue weighted by molar-refractivity contribution is 4.86. The molecule has 1 fully saturated rings. The molecule has 0 radical (unpaired) electrons. The Kier molecular flexibility index (Phi) is 2.43. The van der Waals surface area contributed by atoms with Gasteiger partial charge in [0.15, 0.2) is 12.5 Å². The van der Waals surface area contributed by atoms with Crippen LogP contribution in [-0.4, -0.2) is 46.1 Å². The molecule has 1 unspecified atom stereocenters. The molecule has 11 heavy (non-hydrogen) atoms. The van der Waals surface area contributed by atoms with Gasteiger partial charge >= 0.3 is 0 Å². The summed E-state index contributed by atoms with van der Waals surface area (Å²) in [7, 11) is 0. The van der Waals surface area contributed by atoms with Gasteiger partial charge in [-0.2, -0.15) is 0 Å². The maximum atomic E-state index is 12.6. The first-order valence-electron chi connectivity index (χ1n) is 3.37. The van der Waals surface area contributed by atoms with Crippen LogP contribution in [0.3, 0.4) is 0 Å². The Hall–Kier alpha value is -0.230. The van der Waals surface area contributed by atoms with E-state index < -0.39 is 30.8 Å². The van der Waals surface area contributed by atoms with Crippen LogP contribution in [0.15, 0.2) is 0 Å². The van der Waals surface area contributed by atoms with Crippen molar-refractivity contribution < 1.29 is 24.4 Å². The Balaban J connectivity index is 2.63. The number of rotatable bonds is 0. The summed E-state index contributed by atoms with van der Waals surface area (Å²) in [5.74, 6) is 0. The minimum absolute atomic E-state index is 0.744. The number of aliphatic hydroxyl groups is 3. The number of hydrogen-bond donors (Lipinski definition) is 3. The van der Waals surface area contributed by atoms with Crippen molar-refractivity contribution in [1.29, 1.82) is 0 Å². The quantitative estimate of drug-likeness (QED) is 0.422. The molecule has 0 bridgehead atoms. The molecule has 0 aromatic rings. The second-order valence-electron chi connectivity index (χ2n) is 2.66. The molecule has 0 saturated carbocycles. The van der Waals surface area contributed by atoms with Crippen LogP contribution in [-0.2, 0) is 4.74 Å². The normalized spacial score (nSPS) is 52.6. The first kappa shape index (κ1) is 8.86. The molecule has 3 N–H and O–H groups in total. The molecule has 4 nitrogen and oxygen atoms in total. The second kappa shape index (κ2) is 3.02. The average Bonchev–Trinajstić information content (AvgIpc) is 1.97. The summed E-state index contributed by atoms with van der Waals surface area (Å²) >= 11 is 0. The van der Waals surface area contributed by atoms with Crippen molar-refractivity contribution in [3.63, 3.8) is 0 Å². The summed E-state index contributed by atoms with van der Waals surface area (Å²) < 4.78 is 17.2. The molecule has 1 aliphatic heterocycles. The lowest BCUT2D eigenvalue weighted by atomic mass is 10.0. The molecule has 1 heterocycles. The molecule has 1 saturated heterocycles. The molecule has 5 heteroatoms. The van der Waals surface area contributed by atoms with Crippen LogP contribution in [0.1, 0.15) is 6.92 Å². The minimum Gasteiger partial charge on any atom is -0.388 e. The van der Waals surface area contributed by atoms with Crippen LogP contribution in [0.2, 0.25) is 0 Å². The van der Waals surface area contributed by atoms with Gasteiger partial charge in [-0.05, 0) is 6.92 Å². The Bertz CT molecular complexity index is 129. The fourth-order valence-electron chi connectivity index (χ4n) is 1.01. The summed E-state index contributed by atoms with van der Waals surface area (Å²) in [5.41, 5.74) is 0. The molecule has 1 aliphatic rings. The van der Waals surface area contributed by atoms with Crippen molar-refractivity contribution in [3.8, 4) is 0 Å². The zero-order valence-corrected chi connectivity index (χ0v) is 6.01. The van der Waals surface area contributed by atoms with Crippen LogP contribution < -0.4 is 0 Å². The van der Waals surface area contributed by atoms with E-state index in [-0.39, 0.29) is 0 Å². The predicted molar refractivity (Wildman–Crippen MR) is 33.5 cm³/mol. The van der Waals surface area contributed by atoms with Gasteiger partial charge in [0.25, 0.3) is 0 Å². The lowest BCUT2D eigenvalue weighted by Crippen LogP contribution is -2.54. The van der Waals surface area contributed by atoms with Crippen molar-refractivity contribution in [1.82, 2.24) is 0 Å². The van der Waals surface area contributed by atoms with Crippen molar-refractivity contribution in [2.24, 2.45) is 0 Å². The third-order valence-corrected chi connectivity index (χ3v) is 1.78. The molecule has 0 aliphatic carbocycles. The van der Waals surface area contributed by atoms with E-state index in [9.17, 15) is 4.39 Å². The highest BCUT2D eigenvalue weighted by Gasteiger charge is 2.42. The van der Waals surface area contributed by atoms with Crippen LogP contribution in [0.5, 0.6) is 0 Å². The summed E-state index contributed by atoms with van der Waals surface area (Å²) in [6, 6.07) is 0. The summed E-state index contributed by atoms with van der Waals surface area (Å²) in [5, 5.41) is 26.7. The fourth-order valence-corrected chi connectivity index (χ4v) is 1.01. The van der Waals surface area contributed by atoms with E-state index >= 15 is 0 Å². The monoisotopic (exact) mass is 166 g/mol. The summed E-state index contributed by atoms with van der Waals surface area (Å²) in [4.78, 5) is 0. The Morgan fingerprint density at radius 1 is 1.18 bits per heavy atom. The van der Waals surface area contributed by atoms with Gasteiger partial charge < -0.3 is 20.1 Å². The van der Waals surface area contributed by atoms with Crippen LogP contribution >= 0.6 is 0 Å². The van der Waals surface area contributed by atoms with E-state index in [1.807, 2.05) is 0 Å². The maximum Gasteiger partial charge on any atom is 0.189 e. The predicted octanol–water partition coefficient (Wildman–Crippen LogP) is -1.22. The molecular weight excluding hydrogens is 155 g/mol. The van der Waals surface area contributed by atoms with E-state index in [1.165, 1.54) is 6.92 Å². The second-order valence-corrected chi connectivity index (χ2v) is 2.66. The number of halogens is 1. The Morgan fingerprint density at radius 3 is 2.27 bits per heavy atom. The molecule has 0 amide bonds. The van der Waals surface area contributed by atoms with Gasteiger partial charge in [-0.1, -0.05) is 0 Å².